The molecule has 0 aliphatic carbocycles. The van der Waals surface area contributed by atoms with Crippen molar-refractivity contribution in [2.75, 3.05) is 32.6 Å². The number of ether oxygens (including phenoxy) is 1. The van der Waals surface area contributed by atoms with Crippen LogP contribution in [0.15, 0.2) is 74.9 Å². The summed E-state index contributed by atoms with van der Waals surface area (Å²) in [7, 11) is 5.68. The molecule has 4 aromatic rings. The van der Waals surface area contributed by atoms with Crippen LogP contribution < -0.4 is 16.1 Å². The molecule has 0 saturated carbocycles. The van der Waals surface area contributed by atoms with Crippen LogP contribution in [0.1, 0.15) is 51.0 Å². The Labute approximate surface area is 255 Å². The van der Waals surface area contributed by atoms with Gasteiger partial charge in [0.15, 0.2) is 0 Å². The van der Waals surface area contributed by atoms with Crippen LogP contribution in [0.4, 0.5) is 5.69 Å². The lowest BCUT2D eigenvalue weighted by Gasteiger charge is -2.20. The van der Waals surface area contributed by atoms with Crippen molar-refractivity contribution in [3.8, 4) is 0 Å². The molecule has 2 unspecified atom stereocenters. The number of hydrogen-bond acceptors (Lipinski definition) is 8. The number of hydrogen-bond donors (Lipinski definition) is 3. The number of pyridine rings is 1. The summed E-state index contributed by atoms with van der Waals surface area (Å²) in [6.07, 6.45) is 1.52. The highest BCUT2D eigenvalue weighted by Crippen LogP contribution is 2.36. The first-order valence-electron chi connectivity index (χ1n) is 14.7. The number of benzene rings is 2. The van der Waals surface area contributed by atoms with Gasteiger partial charge in [-0.25, -0.2) is 9.78 Å². The summed E-state index contributed by atoms with van der Waals surface area (Å²) in [5.41, 5.74) is 5.80. The molecule has 10 nitrogen and oxygen atoms in total. The van der Waals surface area contributed by atoms with Crippen molar-refractivity contribution in [1.29, 1.82) is 0 Å². The Morgan fingerprint density at radius 3 is 2.48 bits per heavy atom. The first-order valence-corrected chi connectivity index (χ1v) is 14.7. The number of aliphatic hydroxyl groups is 2. The third kappa shape index (κ3) is 6.01. The van der Waals surface area contributed by atoms with E-state index in [9.17, 15) is 19.8 Å². The molecule has 3 atom stereocenters. The summed E-state index contributed by atoms with van der Waals surface area (Å²) in [6, 6.07) is 14.4. The molecule has 1 aliphatic heterocycles. The number of aliphatic imine (C=N–C) groups is 1. The second-order valence-electron chi connectivity index (χ2n) is 11.4. The Balaban J connectivity index is 1.71. The number of nitrogens with zero attached hydrogens (tertiary/aromatic N) is 4. The Hall–Kier alpha value is -4.38. The first-order chi connectivity index (χ1) is 21.0. The lowest BCUT2D eigenvalue weighted by atomic mass is 9.87. The van der Waals surface area contributed by atoms with E-state index < -0.39 is 29.7 Å². The third-order valence-corrected chi connectivity index (χ3v) is 8.29. The zero-order valence-electron chi connectivity index (χ0n) is 26.0. The maximum Gasteiger partial charge on any atom is 0.330 e. The average molecular weight is 598 g/mol. The molecular formula is C34H39N5O5. The van der Waals surface area contributed by atoms with Gasteiger partial charge in [-0.3, -0.25) is 19.3 Å². The van der Waals surface area contributed by atoms with E-state index >= 15 is 0 Å². The average Bonchev–Trinajstić information content (AvgIpc) is 3.39. The zero-order chi connectivity index (χ0) is 31.7. The number of allylic oxidation sites excluding steroid dienone is 4. The standard InChI is InChI=1S/C34H39N5O5/c1-7-19(2)32(23-9-8-21-13-22-10-11-24(38(5)6)15-28(22)36-27(21)14-23)25(12-20(3)35-4)26-17-39(34(43)37-33(26)42)31-16-29(41)30(18-40)44-31/h8-15,17,29-31,40-41H,7,16,18H2,1-6H3,(H,37,42,43)/b25-12-,32-19+,35-20?/t29-,30?,31?/m0/s1. The lowest BCUT2D eigenvalue weighted by molar-refractivity contribution is -0.0459. The molecule has 10 heteroatoms. The van der Waals surface area contributed by atoms with Gasteiger partial charge in [-0.2, -0.15) is 0 Å². The van der Waals surface area contributed by atoms with Crippen LogP contribution in [0.3, 0.4) is 0 Å². The molecule has 5 rings (SSSR count). The van der Waals surface area contributed by atoms with Crippen molar-refractivity contribution in [3.05, 3.63) is 92.3 Å². The van der Waals surface area contributed by atoms with Crippen molar-refractivity contribution in [2.45, 2.75) is 52.0 Å². The van der Waals surface area contributed by atoms with Gasteiger partial charge in [-0.05, 0) is 67.3 Å². The molecule has 0 radical (unpaired) electrons. The molecule has 0 amide bonds. The molecule has 1 aliphatic rings. The van der Waals surface area contributed by atoms with Crippen molar-refractivity contribution in [3.63, 3.8) is 0 Å². The molecular weight excluding hydrogens is 558 g/mol. The number of fused-ring (bicyclic) bond motifs is 2. The van der Waals surface area contributed by atoms with Crippen LogP contribution >= 0.6 is 0 Å². The first kappa shape index (κ1) is 31.1. The van der Waals surface area contributed by atoms with E-state index in [4.69, 9.17) is 9.72 Å². The van der Waals surface area contributed by atoms with Crippen LogP contribution in [-0.2, 0) is 4.74 Å². The highest BCUT2D eigenvalue weighted by Gasteiger charge is 2.35. The lowest BCUT2D eigenvalue weighted by Crippen LogP contribution is -2.34. The van der Waals surface area contributed by atoms with Gasteiger partial charge in [0.1, 0.15) is 12.3 Å². The minimum atomic E-state index is -0.940. The summed E-state index contributed by atoms with van der Waals surface area (Å²) in [4.78, 5) is 40.3. The molecule has 3 N–H and O–H groups in total. The molecule has 2 aromatic heterocycles. The maximum absolute atomic E-state index is 13.5. The van der Waals surface area contributed by atoms with Gasteiger partial charge >= 0.3 is 5.69 Å². The van der Waals surface area contributed by atoms with Gasteiger partial charge < -0.3 is 19.8 Å². The molecule has 0 spiro atoms. The highest BCUT2D eigenvalue weighted by atomic mass is 16.5. The zero-order valence-corrected chi connectivity index (χ0v) is 26.0. The van der Waals surface area contributed by atoms with Gasteiger partial charge in [0, 0.05) is 55.9 Å². The molecule has 3 heterocycles. The normalized spacial score (nSPS) is 20.0. The summed E-state index contributed by atoms with van der Waals surface area (Å²) in [5.74, 6) is 0. The topological polar surface area (TPSA) is 133 Å². The quantitative estimate of drug-likeness (QED) is 0.157. The van der Waals surface area contributed by atoms with Crippen LogP contribution in [-0.4, -0.2) is 70.4 Å². The molecule has 230 valence electrons. The van der Waals surface area contributed by atoms with Crippen LogP contribution in [0.25, 0.3) is 33.0 Å². The number of H-pyrrole nitrogens is 1. The van der Waals surface area contributed by atoms with E-state index in [0.29, 0.717) is 17.7 Å². The second-order valence-corrected chi connectivity index (χ2v) is 11.4. The van der Waals surface area contributed by atoms with E-state index in [1.165, 1.54) is 10.8 Å². The molecule has 1 fully saturated rings. The summed E-state index contributed by atoms with van der Waals surface area (Å²) in [5, 5.41) is 21.9. The Morgan fingerprint density at radius 1 is 1.14 bits per heavy atom. The largest absolute Gasteiger partial charge is 0.394 e. The predicted octanol–water partition coefficient (Wildman–Crippen LogP) is 4.30. The van der Waals surface area contributed by atoms with Crippen molar-refractivity contribution >= 4 is 44.4 Å². The van der Waals surface area contributed by atoms with E-state index in [1.54, 1.807) is 7.05 Å². The fourth-order valence-electron chi connectivity index (χ4n) is 5.55. The molecule has 2 aromatic carbocycles. The smallest absolute Gasteiger partial charge is 0.330 e. The second kappa shape index (κ2) is 12.7. The predicted molar refractivity (Wildman–Crippen MR) is 176 cm³/mol. The van der Waals surface area contributed by atoms with Gasteiger partial charge in [-0.15, -0.1) is 0 Å². The molecule has 44 heavy (non-hydrogen) atoms. The SMILES string of the molecule is CC/C(C)=C(/C(=C\C(C)=NC)c1cn(C2C[C@H](O)C(CO)O2)c(=O)[nH]c1=O)c1ccc2cc3ccc(N(C)C)cc3nc2c1. The molecule has 0 bridgehead atoms. The Kier molecular flexibility index (Phi) is 8.96. The van der Waals surface area contributed by atoms with Crippen molar-refractivity contribution in [2.24, 2.45) is 4.99 Å². The minimum absolute atomic E-state index is 0.0988. The number of aliphatic hydroxyl groups excluding tert-OH is 2. The van der Waals surface area contributed by atoms with E-state index in [0.717, 1.165) is 44.2 Å². The van der Waals surface area contributed by atoms with E-state index in [2.05, 4.69) is 41.2 Å². The van der Waals surface area contributed by atoms with Gasteiger partial charge in [0.05, 0.1) is 29.3 Å². The monoisotopic (exact) mass is 597 g/mol. The molecule has 1 saturated heterocycles. The summed E-state index contributed by atoms with van der Waals surface area (Å²) < 4.78 is 7.04. The number of aromatic nitrogens is 3. The fraction of sp³-hybridized carbons (Fsp3) is 0.353. The van der Waals surface area contributed by atoms with Gasteiger partial charge in [-0.1, -0.05) is 30.7 Å². The van der Waals surface area contributed by atoms with Crippen molar-refractivity contribution in [1.82, 2.24) is 14.5 Å². The van der Waals surface area contributed by atoms with Crippen molar-refractivity contribution < 1.29 is 14.9 Å². The van der Waals surface area contributed by atoms with Gasteiger partial charge in [0.2, 0.25) is 0 Å². The van der Waals surface area contributed by atoms with E-state index in [-0.39, 0.29) is 18.6 Å². The summed E-state index contributed by atoms with van der Waals surface area (Å²) in [6.45, 7) is 5.54. The maximum atomic E-state index is 13.5. The fourth-order valence-corrected chi connectivity index (χ4v) is 5.55. The third-order valence-electron chi connectivity index (χ3n) is 8.29. The van der Waals surface area contributed by atoms with Crippen LogP contribution in [0, 0.1) is 0 Å². The summed E-state index contributed by atoms with van der Waals surface area (Å²) >= 11 is 0. The minimum Gasteiger partial charge on any atom is -0.394 e. The number of aromatic amines is 1. The number of anilines is 1. The number of rotatable bonds is 8. The van der Waals surface area contributed by atoms with Gasteiger partial charge in [0.25, 0.3) is 5.56 Å². The Morgan fingerprint density at radius 2 is 1.84 bits per heavy atom. The highest BCUT2D eigenvalue weighted by molar-refractivity contribution is 6.14. The Bertz CT molecular complexity index is 1930. The van der Waals surface area contributed by atoms with Crippen LogP contribution in [0.2, 0.25) is 0 Å². The van der Waals surface area contributed by atoms with Crippen LogP contribution in [0.5, 0.6) is 0 Å². The van der Waals surface area contributed by atoms with E-state index in [1.807, 2.05) is 57.1 Å². The number of nitrogens with one attached hydrogen (secondary N) is 1.